The van der Waals surface area contributed by atoms with E-state index in [1.54, 1.807) is 0 Å². The Morgan fingerprint density at radius 3 is 2.33 bits per heavy atom. The zero-order valence-corrected chi connectivity index (χ0v) is 28.0. The molecule has 49 heavy (non-hydrogen) atoms. The Labute approximate surface area is 290 Å². The molecule has 1 atom stereocenters. The van der Waals surface area contributed by atoms with Crippen LogP contribution in [0, 0.1) is 0 Å². The molecule has 0 N–H and O–H groups in total. The van der Waals surface area contributed by atoms with Gasteiger partial charge >= 0.3 is 0 Å². The van der Waals surface area contributed by atoms with Gasteiger partial charge in [0.15, 0.2) is 0 Å². The summed E-state index contributed by atoms with van der Waals surface area (Å²) in [4.78, 5) is 9.63. The Hall–Kier alpha value is -5.86. The summed E-state index contributed by atoms with van der Waals surface area (Å²) in [7, 11) is 0. The van der Waals surface area contributed by atoms with Crippen LogP contribution in [0.4, 0.5) is 0 Å². The molecule has 0 saturated carbocycles. The van der Waals surface area contributed by atoms with Gasteiger partial charge in [-0.15, -0.1) is 6.58 Å². The highest BCUT2D eigenvalue weighted by molar-refractivity contribution is 6.01. The molecular weight excluding hydrogens is 593 g/mol. The molecule has 0 fully saturated rings. The lowest BCUT2D eigenvalue weighted by Gasteiger charge is -2.14. The van der Waals surface area contributed by atoms with Gasteiger partial charge in [0, 0.05) is 36.1 Å². The SMILES string of the molecule is C=CC(/C=C(Cc1cccc(-c2cccnc2)c1)\N=C(/C)c1ccc(-c2cccc3ccccc23)cc1)c1ccc(C2=CCCC=C2)cc1. The number of aliphatic imine (C=N–C) groups is 1. The van der Waals surface area contributed by atoms with E-state index in [9.17, 15) is 0 Å². The van der Waals surface area contributed by atoms with E-state index < -0.39 is 0 Å². The van der Waals surface area contributed by atoms with E-state index in [4.69, 9.17) is 4.99 Å². The number of pyridine rings is 1. The van der Waals surface area contributed by atoms with E-state index in [0.717, 1.165) is 40.9 Å². The highest BCUT2D eigenvalue weighted by atomic mass is 14.8. The van der Waals surface area contributed by atoms with Crippen LogP contribution in [0.2, 0.25) is 0 Å². The smallest absolute Gasteiger partial charge is 0.0448 e. The van der Waals surface area contributed by atoms with Crippen molar-refractivity contribution in [2.75, 3.05) is 0 Å². The summed E-state index contributed by atoms with van der Waals surface area (Å²) in [6, 6.07) is 45.5. The summed E-state index contributed by atoms with van der Waals surface area (Å²) < 4.78 is 0. The van der Waals surface area contributed by atoms with E-state index >= 15 is 0 Å². The van der Waals surface area contributed by atoms with Crippen molar-refractivity contribution in [2.45, 2.75) is 32.1 Å². The molecular formula is C47H40N2. The second-order valence-electron chi connectivity index (χ2n) is 12.6. The van der Waals surface area contributed by atoms with Gasteiger partial charge in [0.25, 0.3) is 0 Å². The first kappa shape index (κ1) is 31.7. The van der Waals surface area contributed by atoms with E-state index in [1.807, 2.05) is 24.5 Å². The normalized spacial score (nSPS) is 14.0. The van der Waals surface area contributed by atoms with Crippen LogP contribution < -0.4 is 0 Å². The Morgan fingerprint density at radius 1 is 0.776 bits per heavy atom. The van der Waals surface area contributed by atoms with Gasteiger partial charge < -0.3 is 0 Å². The van der Waals surface area contributed by atoms with Crippen molar-refractivity contribution in [1.29, 1.82) is 0 Å². The number of nitrogens with zero attached hydrogens (tertiary/aromatic N) is 2. The third-order valence-electron chi connectivity index (χ3n) is 9.27. The fraction of sp³-hybridized carbons (Fsp3) is 0.106. The molecule has 5 aromatic carbocycles. The van der Waals surface area contributed by atoms with Crippen LogP contribution in [-0.2, 0) is 6.42 Å². The second kappa shape index (κ2) is 14.9. The first-order chi connectivity index (χ1) is 24.1. The molecule has 0 bridgehead atoms. The van der Waals surface area contributed by atoms with Crippen molar-refractivity contribution in [2.24, 2.45) is 4.99 Å². The molecule has 0 radical (unpaired) electrons. The molecule has 1 unspecified atom stereocenters. The molecule has 7 rings (SSSR count). The summed E-state index contributed by atoms with van der Waals surface area (Å²) >= 11 is 0. The summed E-state index contributed by atoms with van der Waals surface area (Å²) in [5.74, 6) is 0.0201. The molecule has 0 spiro atoms. The number of hydrogen-bond donors (Lipinski definition) is 0. The van der Waals surface area contributed by atoms with Gasteiger partial charge in [-0.3, -0.25) is 9.98 Å². The summed E-state index contributed by atoms with van der Waals surface area (Å²) in [6.07, 6.45) is 17.7. The maximum absolute atomic E-state index is 5.30. The van der Waals surface area contributed by atoms with Crippen molar-refractivity contribution >= 4 is 22.1 Å². The third-order valence-corrected chi connectivity index (χ3v) is 9.27. The molecule has 6 aromatic rings. The van der Waals surface area contributed by atoms with Crippen LogP contribution in [0.5, 0.6) is 0 Å². The number of allylic oxidation sites excluding steroid dienone is 7. The number of benzene rings is 5. The number of rotatable bonds is 10. The van der Waals surface area contributed by atoms with Gasteiger partial charge in [-0.1, -0.05) is 152 Å². The topological polar surface area (TPSA) is 25.2 Å². The third kappa shape index (κ3) is 7.50. The Morgan fingerprint density at radius 2 is 1.55 bits per heavy atom. The maximum Gasteiger partial charge on any atom is 0.0448 e. The second-order valence-corrected chi connectivity index (χ2v) is 12.6. The molecule has 0 amide bonds. The largest absolute Gasteiger partial charge is 0.264 e. The standard InChI is InChI=1S/C47H40N2/c1-3-36(39-23-25-40(26-24-39)38-13-5-4-6-14-38)32-45(31-35-12-9-17-43(30-35)44-18-11-29-48-33-44)49-34(2)37-21-27-42(28-22-37)47-20-10-16-41-15-7-8-19-46(41)47/h3,5,7-30,32-33,36H,1,4,6,31H2,2H3/b45-32-,49-34+. The Bertz CT molecular complexity index is 2190. The van der Waals surface area contributed by atoms with Gasteiger partial charge in [0.2, 0.25) is 0 Å². The summed E-state index contributed by atoms with van der Waals surface area (Å²) in [6.45, 7) is 6.35. The first-order valence-corrected chi connectivity index (χ1v) is 17.1. The maximum atomic E-state index is 5.30. The lowest BCUT2D eigenvalue weighted by Crippen LogP contribution is -2.01. The van der Waals surface area contributed by atoms with Crippen LogP contribution in [0.3, 0.4) is 0 Å². The zero-order valence-electron chi connectivity index (χ0n) is 28.0. The average molecular weight is 633 g/mol. The predicted molar refractivity (Wildman–Crippen MR) is 209 cm³/mol. The number of fused-ring (bicyclic) bond motifs is 1. The molecule has 1 aromatic heterocycles. The van der Waals surface area contributed by atoms with E-state index in [-0.39, 0.29) is 5.92 Å². The molecule has 2 nitrogen and oxygen atoms in total. The highest BCUT2D eigenvalue weighted by Crippen LogP contribution is 2.30. The number of hydrogen-bond acceptors (Lipinski definition) is 2. The predicted octanol–water partition coefficient (Wildman–Crippen LogP) is 12.2. The van der Waals surface area contributed by atoms with Gasteiger partial charge in [-0.2, -0.15) is 0 Å². The lowest BCUT2D eigenvalue weighted by atomic mass is 9.93. The first-order valence-electron chi connectivity index (χ1n) is 17.1. The molecule has 1 heterocycles. The fourth-order valence-corrected chi connectivity index (χ4v) is 6.62. The van der Waals surface area contributed by atoms with Crippen LogP contribution in [-0.4, -0.2) is 10.7 Å². The highest BCUT2D eigenvalue weighted by Gasteiger charge is 2.11. The summed E-state index contributed by atoms with van der Waals surface area (Å²) in [5.41, 5.74) is 12.7. The molecule has 2 heteroatoms. The van der Waals surface area contributed by atoms with E-state index in [2.05, 4.69) is 164 Å². The van der Waals surface area contributed by atoms with Gasteiger partial charge in [0.1, 0.15) is 0 Å². The minimum Gasteiger partial charge on any atom is -0.264 e. The minimum atomic E-state index is 0.0201. The molecule has 1 aliphatic carbocycles. The van der Waals surface area contributed by atoms with Gasteiger partial charge in [-0.05, 0) is 86.7 Å². The van der Waals surface area contributed by atoms with Crippen LogP contribution >= 0.6 is 0 Å². The zero-order chi connectivity index (χ0) is 33.4. The van der Waals surface area contributed by atoms with Crippen molar-refractivity contribution < 1.29 is 0 Å². The number of aromatic nitrogens is 1. The van der Waals surface area contributed by atoms with E-state index in [0.29, 0.717) is 6.42 Å². The monoisotopic (exact) mass is 632 g/mol. The molecule has 0 aliphatic heterocycles. The Kier molecular flexibility index (Phi) is 9.66. The quantitative estimate of drug-likeness (QED) is 0.109. The van der Waals surface area contributed by atoms with Crippen molar-refractivity contribution in [3.8, 4) is 22.3 Å². The van der Waals surface area contributed by atoms with Crippen molar-refractivity contribution in [1.82, 2.24) is 4.98 Å². The lowest BCUT2D eigenvalue weighted by molar-refractivity contribution is 1.01. The minimum absolute atomic E-state index is 0.0201. The van der Waals surface area contributed by atoms with Crippen LogP contribution in [0.15, 0.2) is 187 Å². The fourth-order valence-electron chi connectivity index (χ4n) is 6.62. The Balaban J connectivity index is 1.21. The van der Waals surface area contributed by atoms with Crippen LogP contribution in [0.1, 0.15) is 47.9 Å². The molecule has 238 valence electrons. The summed E-state index contributed by atoms with van der Waals surface area (Å²) in [5, 5.41) is 2.51. The van der Waals surface area contributed by atoms with E-state index in [1.165, 1.54) is 44.2 Å². The van der Waals surface area contributed by atoms with Gasteiger partial charge in [0.05, 0.1) is 0 Å². The molecule has 0 saturated heterocycles. The van der Waals surface area contributed by atoms with Crippen LogP contribution in [0.25, 0.3) is 38.6 Å². The average Bonchev–Trinajstić information content (AvgIpc) is 3.17. The van der Waals surface area contributed by atoms with Crippen molar-refractivity contribution in [3.63, 3.8) is 0 Å². The molecule has 1 aliphatic rings. The van der Waals surface area contributed by atoms with Gasteiger partial charge in [-0.25, -0.2) is 0 Å². The van der Waals surface area contributed by atoms with Crippen molar-refractivity contribution in [3.05, 3.63) is 205 Å².